The van der Waals surface area contributed by atoms with Crippen molar-refractivity contribution in [2.24, 2.45) is 0 Å². The van der Waals surface area contributed by atoms with E-state index in [1.54, 1.807) is 11.1 Å². The smallest absolute Gasteiger partial charge is 0.329 e. The topological polar surface area (TPSA) is 74.2 Å². The number of urea groups is 1. The van der Waals surface area contributed by atoms with Crippen LogP contribution in [0.25, 0.3) is 0 Å². The first-order valence-electron chi connectivity index (χ1n) is 7.42. The van der Waals surface area contributed by atoms with E-state index in [1.807, 2.05) is 13.0 Å². The van der Waals surface area contributed by atoms with Crippen LogP contribution in [0.1, 0.15) is 12.0 Å². The van der Waals surface area contributed by atoms with Crippen molar-refractivity contribution in [3.63, 3.8) is 0 Å². The second-order valence-corrected chi connectivity index (χ2v) is 6.10. The number of nitrogens with one attached hydrogen (secondary N) is 1. The van der Waals surface area contributed by atoms with E-state index in [1.165, 1.54) is 12.4 Å². The number of aryl methyl sites for hydroxylation is 1. The lowest BCUT2D eigenvalue weighted by molar-refractivity contribution is 0.254. The minimum Gasteiger partial charge on any atom is -0.366 e. The summed E-state index contributed by atoms with van der Waals surface area (Å²) in [5.74, 6) is 1.03. The van der Waals surface area contributed by atoms with Gasteiger partial charge < -0.3 is 4.90 Å². The van der Waals surface area contributed by atoms with Crippen LogP contribution < -0.4 is 15.1 Å². The number of hydrogen-bond donors (Lipinski definition) is 1. The maximum atomic E-state index is 12.8. The number of rotatable bonds is 1. The molecule has 118 valence electrons. The fourth-order valence-electron chi connectivity index (χ4n) is 3.29. The third-order valence-electron chi connectivity index (χ3n) is 4.22. The third-order valence-corrected chi connectivity index (χ3v) is 4.42. The van der Waals surface area contributed by atoms with Gasteiger partial charge in [-0.2, -0.15) is 0 Å². The first-order valence-corrected chi connectivity index (χ1v) is 7.79. The van der Waals surface area contributed by atoms with Crippen LogP contribution in [-0.4, -0.2) is 40.1 Å². The lowest BCUT2D eigenvalue weighted by Gasteiger charge is -2.36. The molecule has 1 fully saturated rings. The van der Waals surface area contributed by atoms with E-state index >= 15 is 0 Å². The third kappa shape index (κ3) is 2.37. The molecule has 23 heavy (non-hydrogen) atoms. The average molecular weight is 331 g/mol. The molecule has 2 amide bonds. The van der Waals surface area contributed by atoms with Gasteiger partial charge in [0.05, 0.1) is 17.9 Å². The molecular formula is C15H15ClN6O. The van der Waals surface area contributed by atoms with Crippen molar-refractivity contribution >= 4 is 35.0 Å². The molecular weight excluding hydrogens is 316 g/mol. The van der Waals surface area contributed by atoms with E-state index < -0.39 is 0 Å². The zero-order valence-corrected chi connectivity index (χ0v) is 13.3. The highest BCUT2D eigenvalue weighted by Gasteiger charge is 2.41. The molecule has 1 saturated heterocycles. The molecule has 2 bridgehead atoms. The van der Waals surface area contributed by atoms with Gasteiger partial charge in [-0.1, -0.05) is 11.6 Å². The number of halogens is 1. The number of nitrogens with zero attached hydrogens (tertiary/aromatic N) is 5. The highest BCUT2D eigenvalue weighted by atomic mass is 35.5. The molecule has 0 unspecified atom stereocenters. The fraction of sp³-hybridized carbons (Fsp3) is 0.333. The predicted octanol–water partition coefficient (Wildman–Crippen LogP) is 2.46. The van der Waals surface area contributed by atoms with Gasteiger partial charge in [-0.15, -0.1) is 0 Å². The summed E-state index contributed by atoms with van der Waals surface area (Å²) in [5.41, 5.74) is 2.01. The minimum absolute atomic E-state index is 0.0875. The molecule has 2 aromatic rings. The summed E-state index contributed by atoms with van der Waals surface area (Å²) in [5, 5.41) is 3.18. The number of anilines is 3. The van der Waals surface area contributed by atoms with Crippen LogP contribution in [0.4, 0.5) is 22.1 Å². The van der Waals surface area contributed by atoms with Gasteiger partial charge in [0.2, 0.25) is 0 Å². The molecule has 0 radical (unpaired) electrons. The predicted molar refractivity (Wildman–Crippen MR) is 88.1 cm³/mol. The van der Waals surface area contributed by atoms with E-state index in [4.69, 9.17) is 11.6 Å². The first-order chi connectivity index (χ1) is 11.1. The monoisotopic (exact) mass is 330 g/mol. The van der Waals surface area contributed by atoms with Crippen LogP contribution in [0, 0.1) is 6.92 Å². The Kier molecular flexibility index (Phi) is 3.30. The van der Waals surface area contributed by atoms with E-state index in [9.17, 15) is 4.79 Å². The van der Waals surface area contributed by atoms with Crippen molar-refractivity contribution in [2.45, 2.75) is 19.4 Å². The van der Waals surface area contributed by atoms with Gasteiger partial charge in [0.15, 0.2) is 11.6 Å². The molecule has 1 atom stereocenters. The van der Waals surface area contributed by atoms with Gasteiger partial charge in [0, 0.05) is 25.5 Å². The Morgan fingerprint density at radius 3 is 3.09 bits per heavy atom. The number of pyridine rings is 1. The summed E-state index contributed by atoms with van der Waals surface area (Å²) in [6.45, 7) is 3.71. The Labute approximate surface area is 138 Å². The molecule has 8 heteroatoms. The number of carbonyl (C=O) groups excluding carboxylic acids is 1. The quantitative estimate of drug-likeness (QED) is 0.813. The van der Waals surface area contributed by atoms with Crippen molar-refractivity contribution in [1.29, 1.82) is 0 Å². The summed E-state index contributed by atoms with van der Waals surface area (Å²) < 4.78 is 0. The summed E-state index contributed by atoms with van der Waals surface area (Å²) in [6.07, 6.45) is 5.52. The van der Waals surface area contributed by atoms with Gasteiger partial charge in [-0.3, -0.25) is 15.2 Å². The standard InChI is InChI=1S/C15H15ClN6O/c1-9-6-11(16)19-14-13(9)21-5-2-10(8-21)22(14)15(23)20-12-7-17-3-4-18-12/h3-4,6-7,10H,2,5,8H2,1H3,(H,18,20,23)/t10-/m0/s1. The van der Waals surface area contributed by atoms with E-state index in [2.05, 4.69) is 25.2 Å². The number of carbonyl (C=O) groups is 1. The Morgan fingerprint density at radius 2 is 2.30 bits per heavy atom. The van der Waals surface area contributed by atoms with Gasteiger partial charge in [0.25, 0.3) is 0 Å². The number of hydrogen-bond acceptors (Lipinski definition) is 5. The normalized spacial score (nSPS) is 18.8. The van der Waals surface area contributed by atoms with Crippen LogP contribution in [0.5, 0.6) is 0 Å². The molecule has 4 rings (SSSR count). The van der Waals surface area contributed by atoms with Crippen LogP contribution in [0.3, 0.4) is 0 Å². The second kappa shape index (κ2) is 5.34. The molecule has 0 aromatic carbocycles. The lowest BCUT2D eigenvalue weighted by atomic mass is 10.1. The van der Waals surface area contributed by atoms with Crippen LogP contribution in [0.15, 0.2) is 24.7 Å². The average Bonchev–Trinajstić information content (AvgIpc) is 2.91. The number of aromatic nitrogens is 3. The maximum absolute atomic E-state index is 12.8. The minimum atomic E-state index is -0.257. The molecule has 4 heterocycles. The van der Waals surface area contributed by atoms with Crippen LogP contribution >= 0.6 is 11.6 Å². The van der Waals surface area contributed by atoms with Gasteiger partial charge in [-0.05, 0) is 25.0 Å². The molecule has 2 aliphatic rings. The van der Waals surface area contributed by atoms with Gasteiger partial charge in [-0.25, -0.2) is 14.8 Å². The summed E-state index contributed by atoms with van der Waals surface area (Å²) in [6, 6.07) is 1.66. The lowest BCUT2D eigenvalue weighted by Crippen LogP contribution is -2.48. The molecule has 2 aromatic heterocycles. The van der Waals surface area contributed by atoms with Gasteiger partial charge >= 0.3 is 6.03 Å². The van der Waals surface area contributed by atoms with E-state index in [-0.39, 0.29) is 12.1 Å². The SMILES string of the molecule is Cc1cc(Cl)nc2c1N1CC[C@@H](C1)N2C(=O)Nc1cnccn1. The molecule has 0 aliphatic carbocycles. The Balaban J connectivity index is 1.73. The molecule has 0 saturated carbocycles. The Hall–Kier alpha value is -2.41. The molecule has 1 N–H and O–H groups in total. The van der Waals surface area contributed by atoms with Crippen molar-refractivity contribution < 1.29 is 4.79 Å². The molecule has 7 nitrogen and oxygen atoms in total. The highest BCUT2D eigenvalue weighted by Crippen LogP contribution is 2.41. The van der Waals surface area contributed by atoms with Crippen molar-refractivity contribution in [3.05, 3.63) is 35.4 Å². The van der Waals surface area contributed by atoms with Crippen molar-refractivity contribution in [2.75, 3.05) is 28.2 Å². The zero-order chi connectivity index (χ0) is 16.0. The zero-order valence-electron chi connectivity index (χ0n) is 12.5. The second-order valence-electron chi connectivity index (χ2n) is 5.71. The summed E-state index contributed by atoms with van der Waals surface area (Å²) >= 11 is 6.12. The first kappa shape index (κ1) is 14.2. The largest absolute Gasteiger partial charge is 0.366 e. The van der Waals surface area contributed by atoms with Gasteiger partial charge in [0.1, 0.15) is 5.15 Å². The van der Waals surface area contributed by atoms with E-state index in [0.717, 1.165) is 30.8 Å². The Morgan fingerprint density at radius 1 is 1.43 bits per heavy atom. The maximum Gasteiger partial charge on any atom is 0.329 e. The summed E-state index contributed by atoms with van der Waals surface area (Å²) in [7, 11) is 0. The van der Waals surface area contributed by atoms with Crippen LogP contribution in [-0.2, 0) is 0 Å². The number of amides is 2. The van der Waals surface area contributed by atoms with Crippen molar-refractivity contribution in [1.82, 2.24) is 15.0 Å². The fourth-order valence-corrected chi connectivity index (χ4v) is 3.54. The highest BCUT2D eigenvalue weighted by molar-refractivity contribution is 6.29. The number of fused-ring (bicyclic) bond motifs is 4. The molecule has 0 spiro atoms. The molecule has 2 aliphatic heterocycles. The Bertz CT molecular complexity index is 768. The van der Waals surface area contributed by atoms with E-state index in [0.29, 0.717) is 16.8 Å². The van der Waals surface area contributed by atoms with Crippen molar-refractivity contribution in [3.8, 4) is 0 Å². The van der Waals surface area contributed by atoms with Crippen LogP contribution in [0.2, 0.25) is 5.15 Å². The summed E-state index contributed by atoms with van der Waals surface area (Å²) in [4.78, 5) is 29.2.